The number of ether oxygens (including phenoxy) is 2. The van der Waals surface area contributed by atoms with E-state index in [1.54, 1.807) is 53.4 Å². The first-order valence-electron chi connectivity index (χ1n) is 15.6. The molecule has 0 aromatic heterocycles. The van der Waals surface area contributed by atoms with Crippen molar-refractivity contribution in [3.8, 4) is 5.75 Å². The van der Waals surface area contributed by atoms with Gasteiger partial charge in [-0.15, -0.1) is 0 Å². The number of aliphatic carboxylic acids is 1. The highest BCUT2D eigenvalue weighted by Gasteiger charge is 2.28. The van der Waals surface area contributed by atoms with E-state index < -0.39 is 24.0 Å². The molecule has 1 unspecified atom stereocenters. The van der Waals surface area contributed by atoms with Gasteiger partial charge in [-0.2, -0.15) is 0 Å². The summed E-state index contributed by atoms with van der Waals surface area (Å²) in [5.41, 5.74) is 3.91. The number of nitrogens with zero attached hydrogens (tertiary/aromatic N) is 1. The van der Waals surface area contributed by atoms with Crippen LogP contribution in [0.5, 0.6) is 5.75 Å². The Morgan fingerprint density at radius 3 is 2.23 bits per heavy atom. The quantitative estimate of drug-likeness (QED) is 0.167. The molecule has 0 saturated carbocycles. The molecule has 5 N–H and O–H groups in total. The van der Waals surface area contributed by atoms with Crippen molar-refractivity contribution in [3.63, 3.8) is 0 Å². The molecule has 13 nitrogen and oxygen atoms in total. The van der Waals surface area contributed by atoms with E-state index >= 15 is 0 Å². The summed E-state index contributed by atoms with van der Waals surface area (Å²) in [6, 6.07) is 18.3. The summed E-state index contributed by atoms with van der Waals surface area (Å²) >= 11 is 0. The molecule has 48 heavy (non-hydrogen) atoms. The maximum absolute atomic E-state index is 13.1. The Balaban J connectivity index is 1.34. The monoisotopic (exact) mass is 659 g/mol. The highest BCUT2D eigenvalue weighted by Crippen LogP contribution is 2.27. The van der Waals surface area contributed by atoms with Gasteiger partial charge in [0.1, 0.15) is 5.75 Å². The first-order valence-corrected chi connectivity index (χ1v) is 15.6. The van der Waals surface area contributed by atoms with Crippen molar-refractivity contribution in [2.45, 2.75) is 38.6 Å². The number of benzene rings is 3. The number of aryl methyl sites for hydroxylation is 1. The van der Waals surface area contributed by atoms with Crippen molar-refractivity contribution in [1.29, 1.82) is 0 Å². The minimum atomic E-state index is -0.903. The van der Waals surface area contributed by atoms with E-state index in [9.17, 15) is 24.0 Å². The summed E-state index contributed by atoms with van der Waals surface area (Å²) in [7, 11) is 2.76. The van der Waals surface area contributed by atoms with Crippen LogP contribution < -0.4 is 26.0 Å². The number of esters is 1. The second kappa shape index (κ2) is 16.9. The number of likely N-dealkylation sites (tertiary alicyclic amines) is 1. The lowest BCUT2D eigenvalue weighted by atomic mass is 9.94. The lowest BCUT2D eigenvalue weighted by molar-refractivity contribution is -0.141. The Kier molecular flexibility index (Phi) is 12.5. The Morgan fingerprint density at radius 2 is 1.58 bits per heavy atom. The smallest absolute Gasteiger partial charge is 0.323 e. The van der Waals surface area contributed by atoms with Crippen molar-refractivity contribution < 1.29 is 38.6 Å². The number of nitrogens with one attached hydrogen (secondary N) is 4. The predicted octanol–water partition coefficient (Wildman–Crippen LogP) is 4.35. The van der Waals surface area contributed by atoms with Crippen LogP contribution >= 0.6 is 0 Å². The second-order valence-corrected chi connectivity index (χ2v) is 11.6. The largest absolute Gasteiger partial charge is 0.495 e. The number of rotatable bonds is 13. The number of methoxy groups -OCH3 is 2. The zero-order valence-corrected chi connectivity index (χ0v) is 27.2. The van der Waals surface area contributed by atoms with E-state index in [1.165, 1.54) is 14.2 Å². The first-order chi connectivity index (χ1) is 23.0. The molecule has 4 amide bonds. The first kappa shape index (κ1) is 35.4. The van der Waals surface area contributed by atoms with E-state index in [0.29, 0.717) is 59.9 Å². The standard InChI is InChI=1S/C35H41N5O8/c1-22-6-4-5-7-27(22)38-35(46)39-28-13-8-23(18-30(28)47-2)19-31(41)36-26-11-9-24(10-12-26)29(20-33(44)48-3)37-34(45)25-14-16-40(17-15-25)21-32(42)43/h4-13,18,25,29H,14-17,19-21H2,1-3H3,(H,36,41)(H,37,45)(H,42,43)(H2,38,39,46). The van der Waals surface area contributed by atoms with Crippen LogP contribution in [-0.4, -0.2) is 73.6 Å². The summed E-state index contributed by atoms with van der Waals surface area (Å²) in [4.78, 5) is 63.5. The number of piperidine rings is 1. The zero-order valence-electron chi connectivity index (χ0n) is 27.2. The van der Waals surface area contributed by atoms with Crippen molar-refractivity contribution in [3.05, 3.63) is 83.4 Å². The van der Waals surface area contributed by atoms with Gasteiger partial charge in [-0.05, 0) is 79.9 Å². The molecule has 1 saturated heterocycles. The number of amides is 4. The Morgan fingerprint density at radius 1 is 0.896 bits per heavy atom. The fourth-order valence-corrected chi connectivity index (χ4v) is 5.46. The summed E-state index contributed by atoms with van der Waals surface area (Å²) in [6.45, 7) is 2.84. The molecular formula is C35H41N5O8. The van der Waals surface area contributed by atoms with E-state index in [2.05, 4.69) is 21.3 Å². The SMILES string of the molecule is COC(=O)CC(NC(=O)C1CCN(CC(=O)O)CC1)c1ccc(NC(=O)Cc2ccc(NC(=O)Nc3ccccc3C)c(OC)c2)cc1. The van der Waals surface area contributed by atoms with Gasteiger partial charge < -0.3 is 35.8 Å². The molecule has 1 heterocycles. The number of anilines is 3. The zero-order chi connectivity index (χ0) is 34.6. The molecule has 13 heteroatoms. The number of hydrogen-bond acceptors (Lipinski definition) is 8. The van der Waals surface area contributed by atoms with Gasteiger partial charge in [0.15, 0.2) is 0 Å². The fraction of sp³-hybridized carbons (Fsp3) is 0.343. The third kappa shape index (κ3) is 10.3. The molecule has 4 rings (SSSR count). The van der Waals surface area contributed by atoms with E-state index in [4.69, 9.17) is 14.6 Å². The maximum Gasteiger partial charge on any atom is 0.323 e. The van der Waals surface area contributed by atoms with E-state index in [1.807, 2.05) is 25.1 Å². The van der Waals surface area contributed by atoms with Crippen LogP contribution in [0.25, 0.3) is 0 Å². The Bertz CT molecular complexity index is 1620. The van der Waals surface area contributed by atoms with Crippen LogP contribution in [-0.2, 0) is 30.3 Å². The summed E-state index contributed by atoms with van der Waals surface area (Å²) in [6.07, 6.45) is 0.999. The average molecular weight is 660 g/mol. The highest BCUT2D eigenvalue weighted by molar-refractivity contribution is 6.01. The summed E-state index contributed by atoms with van der Waals surface area (Å²) in [5, 5.41) is 20.4. The second-order valence-electron chi connectivity index (χ2n) is 11.6. The highest BCUT2D eigenvalue weighted by atomic mass is 16.5. The summed E-state index contributed by atoms with van der Waals surface area (Å²) in [5.74, 6) is -1.78. The minimum absolute atomic E-state index is 0.0418. The van der Waals surface area contributed by atoms with Gasteiger partial charge in [-0.25, -0.2) is 4.79 Å². The van der Waals surface area contributed by atoms with Crippen LogP contribution in [0.3, 0.4) is 0 Å². The Labute approximate surface area is 279 Å². The number of carbonyl (C=O) groups excluding carboxylic acids is 4. The van der Waals surface area contributed by atoms with E-state index in [0.717, 1.165) is 5.56 Å². The number of para-hydroxylation sites is 1. The van der Waals surface area contributed by atoms with Crippen LogP contribution in [0, 0.1) is 12.8 Å². The predicted molar refractivity (Wildman–Crippen MR) is 180 cm³/mol. The number of carbonyl (C=O) groups is 5. The molecule has 1 fully saturated rings. The van der Waals surface area contributed by atoms with Gasteiger partial charge in [0, 0.05) is 17.3 Å². The maximum atomic E-state index is 13.1. The molecule has 1 aliphatic rings. The third-order valence-corrected chi connectivity index (χ3v) is 8.10. The number of carboxylic acid groups (broad SMARTS) is 1. The van der Waals surface area contributed by atoms with Gasteiger partial charge in [0.2, 0.25) is 11.8 Å². The van der Waals surface area contributed by atoms with Crippen LogP contribution in [0.4, 0.5) is 21.9 Å². The van der Waals surface area contributed by atoms with E-state index in [-0.39, 0.29) is 37.1 Å². The van der Waals surface area contributed by atoms with Crippen molar-refractivity contribution in [1.82, 2.24) is 10.2 Å². The van der Waals surface area contributed by atoms with Gasteiger partial charge in [0.25, 0.3) is 0 Å². The van der Waals surface area contributed by atoms with Gasteiger partial charge >= 0.3 is 18.0 Å². The number of carboxylic acids is 1. The van der Waals surface area contributed by atoms with Gasteiger partial charge in [-0.1, -0.05) is 36.4 Å². The molecule has 3 aromatic rings. The third-order valence-electron chi connectivity index (χ3n) is 8.10. The summed E-state index contributed by atoms with van der Waals surface area (Å²) < 4.78 is 10.3. The Hall–Kier alpha value is -5.43. The average Bonchev–Trinajstić information content (AvgIpc) is 3.06. The van der Waals surface area contributed by atoms with Crippen molar-refractivity contribution >= 4 is 46.8 Å². The van der Waals surface area contributed by atoms with Crippen LogP contribution in [0.1, 0.15) is 42.0 Å². The normalized spacial score (nSPS) is 13.9. The fourth-order valence-electron chi connectivity index (χ4n) is 5.46. The lowest BCUT2D eigenvalue weighted by Crippen LogP contribution is -2.43. The van der Waals surface area contributed by atoms with Gasteiger partial charge in [-0.3, -0.25) is 24.1 Å². The van der Waals surface area contributed by atoms with Gasteiger partial charge in [0.05, 0.1) is 45.3 Å². The minimum Gasteiger partial charge on any atom is -0.495 e. The molecule has 0 aliphatic carbocycles. The van der Waals surface area contributed by atoms with Crippen molar-refractivity contribution in [2.75, 3.05) is 49.8 Å². The molecule has 0 spiro atoms. The van der Waals surface area contributed by atoms with Crippen LogP contribution in [0.2, 0.25) is 0 Å². The molecule has 254 valence electrons. The molecule has 1 atom stereocenters. The molecular weight excluding hydrogens is 618 g/mol. The molecule has 3 aromatic carbocycles. The van der Waals surface area contributed by atoms with Crippen LogP contribution in [0.15, 0.2) is 66.7 Å². The lowest BCUT2D eigenvalue weighted by Gasteiger charge is -2.31. The molecule has 0 bridgehead atoms. The number of urea groups is 1. The topological polar surface area (TPSA) is 175 Å². The number of hydrogen-bond donors (Lipinski definition) is 5. The van der Waals surface area contributed by atoms with Crippen molar-refractivity contribution in [2.24, 2.45) is 5.92 Å². The molecule has 0 radical (unpaired) electrons. The molecule has 1 aliphatic heterocycles.